The molecule has 0 saturated carbocycles. The molecule has 0 heterocycles. The maximum atomic E-state index is 2.43. The summed E-state index contributed by atoms with van der Waals surface area (Å²) in [6, 6.07) is 33.7. The van der Waals surface area contributed by atoms with Crippen LogP contribution in [0.1, 0.15) is 26.3 Å². The van der Waals surface area contributed by atoms with Gasteiger partial charge in [0.1, 0.15) is 0 Å². The van der Waals surface area contributed by atoms with E-state index in [0.29, 0.717) is 0 Å². The number of hydrogen-bond acceptors (Lipinski definition) is 0. The summed E-state index contributed by atoms with van der Waals surface area (Å²) < 4.78 is 0. The number of benzene rings is 6. The van der Waals surface area contributed by atoms with Crippen LogP contribution in [-0.2, 0) is 5.41 Å². The Balaban J connectivity index is 1.92. The maximum absolute atomic E-state index is 2.43. The molecule has 0 N–H and O–H groups in total. The highest BCUT2D eigenvalue weighted by Crippen LogP contribution is 2.45. The maximum Gasteiger partial charge on any atom is -0.00141 e. The van der Waals surface area contributed by atoms with Gasteiger partial charge in [-0.25, -0.2) is 0 Å². The minimum Gasteiger partial charge on any atom is -0.0622 e. The fraction of sp³-hybridized carbons (Fsp3) is 0.133. The Morgan fingerprint density at radius 3 is 1.93 bits per heavy atom. The van der Waals surface area contributed by atoms with E-state index >= 15 is 0 Å². The molecule has 0 heteroatoms. The molecule has 6 rings (SSSR count). The second kappa shape index (κ2) is 6.06. The Hall–Kier alpha value is -3.38. The quantitative estimate of drug-likeness (QED) is 0.196. The lowest BCUT2D eigenvalue weighted by Crippen LogP contribution is -2.11. The monoisotopic (exact) mass is 384 g/mol. The minimum atomic E-state index is 0.112. The van der Waals surface area contributed by atoms with Crippen LogP contribution in [-0.4, -0.2) is 0 Å². The first-order valence-corrected chi connectivity index (χ1v) is 10.7. The van der Waals surface area contributed by atoms with Gasteiger partial charge in [0.05, 0.1) is 0 Å². The number of rotatable bonds is 1. The first-order chi connectivity index (χ1) is 14.5. The molecule has 0 radical (unpaired) electrons. The van der Waals surface area contributed by atoms with Gasteiger partial charge in [0.15, 0.2) is 0 Å². The Morgan fingerprint density at radius 1 is 0.500 bits per heavy atom. The molecular weight excluding hydrogens is 360 g/mol. The average Bonchev–Trinajstić information content (AvgIpc) is 2.77. The van der Waals surface area contributed by atoms with Crippen LogP contribution in [0.25, 0.3) is 54.2 Å². The van der Waals surface area contributed by atoms with E-state index in [1.807, 2.05) is 0 Å². The molecule has 0 atom stereocenters. The van der Waals surface area contributed by atoms with Crippen molar-refractivity contribution in [2.45, 2.75) is 26.2 Å². The average molecular weight is 385 g/mol. The van der Waals surface area contributed by atoms with Gasteiger partial charge in [-0.3, -0.25) is 0 Å². The van der Waals surface area contributed by atoms with Crippen molar-refractivity contribution in [1.29, 1.82) is 0 Å². The molecule has 0 unspecified atom stereocenters. The van der Waals surface area contributed by atoms with Crippen molar-refractivity contribution in [2.75, 3.05) is 0 Å². The summed E-state index contributed by atoms with van der Waals surface area (Å²) in [4.78, 5) is 0. The van der Waals surface area contributed by atoms with Crippen LogP contribution in [0.5, 0.6) is 0 Å². The van der Waals surface area contributed by atoms with Crippen LogP contribution < -0.4 is 0 Å². The predicted octanol–water partition coefficient (Wildman–Crippen LogP) is 8.70. The van der Waals surface area contributed by atoms with Crippen molar-refractivity contribution in [3.8, 4) is 11.1 Å². The SMILES string of the molecule is CC(C)(C)c1cc2ccc3ccc(-c4ccccc4)c4c5ccccc5c(c1)c2c34. The van der Waals surface area contributed by atoms with E-state index in [2.05, 4.69) is 112 Å². The smallest absolute Gasteiger partial charge is 0.00141 e. The first kappa shape index (κ1) is 17.5. The molecule has 0 aromatic heterocycles. The van der Waals surface area contributed by atoms with Crippen molar-refractivity contribution in [1.82, 2.24) is 0 Å². The van der Waals surface area contributed by atoms with Crippen LogP contribution in [0.15, 0.2) is 91.0 Å². The molecule has 0 nitrogen and oxygen atoms in total. The molecule has 0 fully saturated rings. The predicted molar refractivity (Wildman–Crippen MR) is 132 cm³/mol. The standard InChI is InChI=1S/C30H24/c1-30(2,3)22-17-21-14-13-20-15-16-23(19-9-5-4-6-10-19)29-25-12-8-7-11-24(25)26(18-22)27(21)28(20)29/h4-18H,1-3H3. The highest BCUT2D eigenvalue weighted by Gasteiger charge is 2.20. The van der Waals surface area contributed by atoms with E-state index in [4.69, 9.17) is 0 Å². The molecule has 0 saturated heterocycles. The molecule has 0 spiro atoms. The Morgan fingerprint density at radius 2 is 1.17 bits per heavy atom. The topological polar surface area (TPSA) is 0 Å². The second-order valence-corrected chi connectivity index (χ2v) is 9.44. The third kappa shape index (κ3) is 2.40. The molecule has 6 aromatic rings. The third-order valence-electron chi connectivity index (χ3n) is 6.54. The summed E-state index contributed by atoms with van der Waals surface area (Å²) in [7, 11) is 0. The van der Waals surface area contributed by atoms with E-state index in [1.54, 1.807) is 0 Å². The van der Waals surface area contributed by atoms with Gasteiger partial charge < -0.3 is 0 Å². The van der Waals surface area contributed by atoms with E-state index < -0.39 is 0 Å². The molecule has 0 aliphatic heterocycles. The van der Waals surface area contributed by atoms with Gasteiger partial charge in [-0.2, -0.15) is 0 Å². The molecule has 30 heavy (non-hydrogen) atoms. The molecule has 6 aromatic carbocycles. The minimum absolute atomic E-state index is 0.112. The van der Waals surface area contributed by atoms with E-state index in [-0.39, 0.29) is 5.41 Å². The lowest BCUT2D eigenvalue weighted by atomic mass is 9.81. The van der Waals surface area contributed by atoms with Gasteiger partial charge in [0, 0.05) is 0 Å². The molecular formula is C30H24. The van der Waals surface area contributed by atoms with Crippen molar-refractivity contribution in [3.63, 3.8) is 0 Å². The summed E-state index contributed by atoms with van der Waals surface area (Å²) >= 11 is 0. The van der Waals surface area contributed by atoms with Gasteiger partial charge in [-0.05, 0) is 71.3 Å². The van der Waals surface area contributed by atoms with Crippen LogP contribution in [0.4, 0.5) is 0 Å². The molecule has 0 aliphatic carbocycles. The molecule has 0 aliphatic rings. The van der Waals surface area contributed by atoms with Crippen LogP contribution in [0.3, 0.4) is 0 Å². The van der Waals surface area contributed by atoms with E-state index in [9.17, 15) is 0 Å². The summed E-state index contributed by atoms with van der Waals surface area (Å²) in [6.07, 6.45) is 0. The zero-order valence-corrected chi connectivity index (χ0v) is 17.7. The Bertz CT molecular complexity index is 1550. The number of hydrogen-bond donors (Lipinski definition) is 0. The van der Waals surface area contributed by atoms with Gasteiger partial charge >= 0.3 is 0 Å². The fourth-order valence-corrected chi connectivity index (χ4v) is 5.00. The van der Waals surface area contributed by atoms with Crippen LogP contribution >= 0.6 is 0 Å². The largest absolute Gasteiger partial charge is 0.0622 e. The van der Waals surface area contributed by atoms with Gasteiger partial charge in [-0.15, -0.1) is 0 Å². The first-order valence-electron chi connectivity index (χ1n) is 10.7. The number of fused-ring (bicyclic) bond motifs is 3. The highest BCUT2D eigenvalue weighted by molar-refractivity contribution is 6.36. The summed E-state index contributed by atoms with van der Waals surface area (Å²) in [5, 5.41) is 10.9. The van der Waals surface area contributed by atoms with E-state index in [0.717, 1.165) is 0 Å². The summed E-state index contributed by atoms with van der Waals surface area (Å²) in [5.74, 6) is 0. The lowest BCUT2D eigenvalue weighted by molar-refractivity contribution is 0.592. The van der Waals surface area contributed by atoms with Crippen molar-refractivity contribution in [3.05, 3.63) is 96.6 Å². The molecule has 0 amide bonds. The summed E-state index contributed by atoms with van der Waals surface area (Å²) in [5.41, 5.74) is 4.09. The lowest BCUT2D eigenvalue weighted by Gasteiger charge is -2.23. The molecule has 144 valence electrons. The van der Waals surface area contributed by atoms with E-state index in [1.165, 1.54) is 59.8 Å². The van der Waals surface area contributed by atoms with Crippen molar-refractivity contribution in [2.24, 2.45) is 0 Å². The molecule has 0 bridgehead atoms. The summed E-state index contributed by atoms with van der Waals surface area (Å²) in [6.45, 7) is 6.90. The Labute approximate surface area is 177 Å². The Kier molecular flexibility index (Phi) is 3.53. The highest BCUT2D eigenvalue weighted by atomic mass is 14.2. The van der Waals surface area contributed by atoms with Crippen LogP contribution in [0.2, 0.25) is 0 Å². The zero-order valence-electron chi connectivity index (χ0n) is 17.7. The second-order valence-electron chi connectivity index (χ2n) is 9.44. The van der Waals surface area contributed by atoms with Gasteiger partial charge in [0.2, 0.25) is 0 Å². The fourth-order valence-electron chi connectivity index (χ4n) is 5.00. The zero-order chi connectivity index (χ0) is 20.5. The van der Waals surface area contributed by atoms with Crippen molar-refractivity contribution < 1.29 is 0 Å². The van der Waals surface area contributed by atoms with Crippen LogP contribution in [0, 0.1) is 0 Å². The van der Waals surface area contributed by atoms with Crippen molar-refractivity contribution >= 4 is 43.1 Å². The van der Waals surface area contributed by atoms with Gasteiger partial charge in [-0.1, -0.05) is 106 Å². The normalized spacial score (nSPS) is 12.5. The van der Waals surface area contributed by atoms with Gasteiger partial charge in [0.25, 0.3) is 0 Å². The third-order valence-corrected chi connectivity index (χ3v) is 6.54.